The van der Waals surface area contributed by atoms with Crippen molar-refractivity contribution in [3.8, 4) is 0 Å². The summed E-state index contributed by atoms with van der Waals surface area (Å²) in [6, 6.07) is 3.88. The van der Waals surface area contributed by atoms with Crippen LogP contribution in [0.25, 0.3) is 6.08 Å². The number of carbonyl (C=O) groups excluding carboxylic acids is 1. The summed E-state index contributed by atoms with van der Waals surface area (Å²) < 4.78 is 10.6. The first kappa shape index (κ1) is 12.0. The number of hydrogen-bond donors (Lipinski definition) is 0. The van der Waals surface area contributed by atoms with E-state index in [-0.39, 0.29) is 12.1 Å². The Labute approximate surface area is 101 Å². The first-order valence-corrected chi connectivity index (χ1v) is 6.04. The van der Waals surface area contributed by atoms with Gasteiger partial charge in [0.05, 0.1) is 6.10 Å². The third-order valence-corrected chi connectivity index (χ3v) is 2.86. The van der Waals surface area contributed by atoms with Crippen LogP contribution < -0.4 is 0 Å². The lowest BCUT2D eigenvalue weighted by atomic mass is 10.3. The summed E-state index contributed by atoms with van der Waals surface area (Å²) >= 11 is 0. The van der Waals surface area contributed by atoms with E-state index in [9.17, 15) is 4.79 Å². The van der Waals surface area contributed by atoms with Gasteiger partial charge in [0, 0.05) is 12.0 Å². The van der Waals surface area contributed by atoms with Crippen molar-refractivity contribution in [1.82, 2.24) is 0 Å². The number of ether oxygens (including phenoxy) is 1. The van der Waals surface area contributed by atoms with Gasteiger partial charge in [-0.25, -0.2) is 4.79 Å². The van der Waals surface area contributed by atoms with Crippen LogP contribution in [0.3, 0.4) is 0 Å². The molecule has 1 aliphatic carbocycles. The number of hydrogen-bond acceptors (Lipinski definition) is 3. The van der Waals surface area contributed by atoms with E-state index in [1.54, 1.807) is 6.08 Å². The molecule has 0 spiro atoms. The molecule has 2 atom stereocenters. The molecule has 0 radical (unpaired) electrons. The zero-order valence-corrected chi connectivity index (χ0v) is 10.5. The van der Waals surface area contributed by atoms with E-state index in [0.717, 1.165) is 11.7 Å². The Morgan fingerprint density at radius 2 is 2.24 bits per heavy atom. The second-order valence-corrected chi connectivity index (χ2v) is 4.88. The SMILES string of the molecule is CC(C)OC(=O)C=Cc1ccc(C2CC2C)o1. The summed E-state index contributed by atoms with van der Waals surface area (Å²) in [5.41, 5.74) is 0. The highest BCUT2D eigenvalue weighted by Crippen LogP contribution is 2.47. The molecule has 1 fully saturated rings. The monoisotopic (exact) mass is 234 g/mol. The van der Waals surface area contributed by atoms with Crippen LogP contribution in [0.2, 0.25) is 0 Å². The summed E-state index contributed by atoms with van der Waals surface area (Å²) in [6.45, 7) is 5.86. The van der Waals surface area contributed by atoms with Crippen molar-refractivity contribution in [2.75, 3.05) is 0 Å². The maximum absolute atomic E-state index is 11.3. The van der Waals surface area contributed by atoms with E-state index in [1.165, 1.54) is 12.5 Å². The molecular formula is C14H18O3. The van der Waals surface area contributed by atoms with Crippen molar-refractivity contribution in [3.05, 3.63) is 29.7 Å². The molecule has 0 saturated heterocycles. The molecule has 1 aromatic rings. The summed E-state index contributed by atoms with van der Waals surface area (Å²) in [4.78, 5) is 11.3. The third kappa shape index (κ3) is 3.22. The fourth-order valence-corrected chi connectivity index (χ4v) is 1.80. The van der Waals surface area contributed by atoms with E-state index >= 15 is 0 Å². The van der Waals surface area contributed by atoms with Crippen molar-refractivity contribution in [1.29, 1.82) is 0 Å². The van der Waals surface area contributed by atoms with Gasteiger partial charge >= 0.3 is 5.97 Å². The Hall–Kier alpha value is -1.51. The number of furan rings is 1. The van der Waals surface area contributed by atoms with Gasteiger partial charge in [0.1, 0.15) is 11.5 Å². The first-order valence-electron chi connectivity index (χ1n) is 6.04. The molecule has 17 heavy (non-hydrogen) atoms. The number of carbonyl (C=O) groups is 1. The molecule has 0 amide bonds. The van der Waals surface area contributed by atoms with Gasteiger partial charge in [0.2, 0.25) is 0 Å². The van der Waals surface area contributed by atoms with Crippen molar-refractivity contribution in [2.24, 2.45) is 5.92 Å². The smallest absolute Gasteiger partial charge is 0.331 e. The first-order chi connectivity index (χ1) is 8.06. The Morgan fingerprint density at radius 3 is 2.82 bits per heavy atom. The van der Waals surface area contributed by atoms with Crippen molar-refractivity contribution in [3.63, 3.8) is 0 Å². The third-order valence-electron chi connectivity index (χ3n) is 2.86. The second kappa shape index (κ2) is 4.78. The van der Waals surface area contributed by atoms with Gasteiger partial charge in [-0.05, 0) is 44.4 Å². The summed E-state index contributed by atoms with van der Waals surface area (Å²) in [5.74, 6) is 2.69. The largest absolute Gasteiger partial charge is 0.461 e. The van der Waals surface area contributed by atoms with E-state index in [1.807, 2.05) is 26.0 Å². The van der Waals surface area contributed by atoms with Crippen LogP contribution in [0.15, 0.2) is 22.6 Å². The average molecular weight is 234 g/mol. The molecule has 1 heterocycles. The molecular weight excluding hydrogens is 216 g/mol. The molecule has 1 saturated carbocycles. The normalized spacial score (nSPS) is 23.3. The molecule has 0 N–H and O–H groups in total. The molecule has 0 aromatic carbocycles. The summed E-state index contributed by atoms with van der Waals surface area (Å²) in [5, 5.41) is 0. The minimum absolute atomic E-state index is 0.0911. The van der Waals surface area contributed by atoms with Gasteiger partial charge in [0.15, 0.2) is 0 Å². The summed E-state index contributed by atoms with van der Waals surface area (Å²) in [6.07, 6.45) is 4.17. The zero-order chi connectivity index (χ0) is 12.4. The molecule has 1 aliphatic rings. The van der Waals surface area contributed by atoms with Crippen LogP contribution >= 0.6 is 0 Å². The Kier molecular flexibility index (Phi) is 3.36. The molecule has 3 heteroatoms. The van der Waals surface area contributed by atoms with E-state index in [4.69, 9.17) is 9.15 Å². The highest BCUT2D eigenvalue weighted by molar-refractivity contribution is 5.86. The lowest BCUT2D eigenvalue weighted by molar-refractivity contribution is -0.141. The Morgan fingerprint density at radius 1 is 1.53 bits per heavy atom. The van der Waals surface area contributed by atoms with Gasteiger partial charge < -0.3 is 9.15 Å². The van der Waals surface area contributed by atoms with Crippen molar-refractivity contribution in [2.45, 2.75) is 39.2 Å². The topological polar surface area (TPSA) is 39.4 Å². The minimum Gasteiger partial charge on any atom is -0.461 e. The number of esters is 1. The standard InChI is InChI=1S/C14H18O3/c1-9(2)16-14(15)7-5-11-4-6-13(17-11)12-8-10(12)3/h4-7,9-10,12H,8H2,1-3H3. The van der Waals surface area contributed by atoms with Crippen LogP contribution in [0.4, 0.5) is 0 Å². The zero-order valence-electron chi connectivity index (χ0n) is 10.5. The van der Waals surface area contributed by atoms with Gasteiger partial charge in [0.25, 0.3) is 0 Å². The molecule has 2 unspecified atom stereocenters. The van der Waals surface area contributed by atoms with Crippen LogP contribution in [-0.2, 0) is 9.53 Å². The fourth-order valence-electron chi connectivity index (χ4n) is 1.80. The van der Waals surface area contributed by atoms with Crippen LogP contribution in [0.5, 0.6) is 0 Å². The average Bonchev–Trinajstić information content (AvgIpc) is 2.78. The Balaban J connectivity index is 1.92. The van der Waals surface area contributed by atoms with E-state index in [0.29, 0.717) is 11.7 Å². The highest BCUT2D eigenvalue weighted by atomic mass is 16.5. The van der Waals surface area contributed by atoms with Crippen molar-refractivity contribution >= 4 is 12.0 Å². The van der Waals surface area contributed by atoms with Crippen LogP contribution in [-0.4, -0.2) is 12.1 Å². The highest BCUT2D eigenvalue weighted by Gasteiger charge is 2.36. The second-order valence-electron chi connectivity index (χ2n) is 4.88. The van der Waals surface area contributed by atoms with E-state index < -0.39 is 0 Å². The maximum atomic E-state index is 11.3. The molecule has 0 aliphatic heterocycles. The van der Waals surface area contributed by atoms with E-state index in [2.05, 4.69) is 6.92 Å². The molecule has 2 rings (SSSR count). The van der Waals surface area contributed by atoms with Gasteiger partial charge in [-0.1, -0.05) is 6.92 Å². The number of rotatable bonds is 4. The fraction of sp³-hybridized carbons (Fsp3) is 0.500. The quantitative estimate of drug-likeness (QED) is 0.592. The lowest BCUT2D eigenvalue weighted by Crippen LogP contribution is -2.08. The van der Waals surface area contributed by atoms with Gasteiger partial charge in [-0.2, -0.15) is 0 Å². The van der Waals surface area contributed by atoms with Gasteiger partial charge in [-0.15, -0.1) is 0 Å². The van der Waals surface area contributed by atoms with Crippen LogP contribution in [0.1, 0.15) is 44.6 Å². The van der Waals surface area contributed by atoms with Crippen molar-refractivity contribution < 1.29 is 13.9 Å². The molecule has 3 nitrogen and oxygen atoms in total. The molecule has 0 bridgehead atoms. The predicted octanol–water partition coefficient (Wildman–Crippen LogP) is 3.37. The lowest BCUT2D eigenvalue weighted by Gasteiger charge is -2.03. The maximum Gasteiger partial charge on any atom is 0.331 e. The minimum atomic E-state index is -0.335. The molecule has 1 aromatic heterocycles. The van der Waals surface area contributed by atoms with Gasteiger partial charge in [-0.3, -0.25) is 0 Å². The Bertz CT molecular complexity index is 428. The molecule has 92 valence electrons. The predicted molar refractivity (Wildman–Crippen MR) is 65.5 cm³/mol. The van der Waals surface area contributed by atoms with Crippen LogP contribution in [0, 0.1) is 5.92 Å². The summed E-state index contributed by atoms with van der Waals surface area (Å²) in [7, 11) is 0.